The monoisotopic (exact) mass is 411 g/mol. The van der Waals surface area contributed by atoms with Crippen LogP contribution in [0, 0.1) is 0 Å². The molecule has 2 aromatic carbocycles. The molecule has 7 nitrogen and oxygen atoms in total. The summed E-state index contributed by atoms with van der Waals surface area (Å²) in [7, 11) is 1.63. The first-order valence-electron chi connectivity index (χ1n) is 9.23. The Balaban J connectivity index is 1.38. The minimum atomic E-state index is -0.117. The number of amides is 1. The van der Waals surface area contributed by atoms with Gasteiger partial charge in [-0.05, 0) is 36.4 Å². The summed E-state index contributed by atoms with van der Waals surface area (Å²) in [5.74, 6) is 2.27. The fourth-order valence-corrected chi connectivity index (χ4v) is 3.68. The summed E-state index contributed by atoms with van der Waals surface area (Å²) in [4.78, 5) is 16.8. The van der Waals surface area contributed by atoms with E-state index < -0.39 is 0 Å². The van der Waals surface area contributed by atoms with E-state index >= 15 is 0 Å². The smallest absolute Gasteiger partial charge is 0.234 e. The Bertz CT molecular complexity index is 988. The third-order valence-corrected chi connectivity index (χ3v) is 5.29. The lowest BCUT2D eigenvalue weighted by Crippen LogP contribution is -2.14. The number of aromatic nitrogens is 2. The molecule has 0 atom stereocenters. The summed E-state index contributed by atoms with van der Waals surface area (Å²) in [5.41, 5.74) is 1.63. The molecular weight excluding hydrogens is 390 g/mol. The van der Waals surface area contributed by atoms with Gasteiger partial charge in [0.1, 0.15) is 5.75 Å². The molecule has 2 heterocycles. The topological polar surface area (TPSA) is 74.6 Å². The lowest BCUT2D eigenvalue weighted by atomic mass is 10.2. The van der Waals surface area contributed by atoms with E-state index in [1.807, 2.05) is 47.2 Å². The fraction of sp³-hybridized carbons (Fsp3) is 0.238. The summed E-state index contributed by atoms with van der Waals surface area (Å²) >= 11 is 1.37. The van der Waals surface area contributed by atoms with Gasteiger partial charge in [0.15, 0.2) is 16.7 Å². The molecule has 150 valence electrons. The number of carbonyl (C=O) groups excluding carboxylic acids is 1. The normalized spacial score (nSPS) is 12.9. The van der Waals surface area contributed by atoms with E-state index in [2.05, 4.69) is 10.3 Å². The largest absolute Gasteiger partial charge is 0.497 e. The standard InChI is InChI=1S/C21H21N3O4S/c1-26-17-6-4-16(5-7-17)24-10-9-22-21(24)29-14-20(25)23-15-3-8-18-19(13-15)28-12-2-11-27-18/h3-10,13H,2,11-12,14H2,1H3,(H,23,25). The van der Waals surface area contributed by atoms with Crippen LogP contribution >= 0.6 is 11.8 Å². The van der Waals surface area contributed by atoms with Gasteiger partial charge in [0.05, 0.1) is 26.1 Å². The molecule has 0 saturated heterocycles. The van der Waals surface area contributed by atoms with Gasteiger partial charge in [0.2, 0.25) is 5.91 Å². The van der Waals surface area contributed by atoms with Gasteiger partial charge in [-0.3, -0.25) is 9.36 Å². The Kier molecular flexibility index (Phi) is 5.90. The van der Waals surface area contributed by atoms with Crippen LogP contribution in [0.2, 0.25) is 0 Å². The van der Waals surface area contributed by atoms with Crippen molar-refractivity contribution in [3.05, 3.63) is 54.9 Å². The van der Waals surface area contributed by atoms with Crippen LogP contribution in [0.5, 0.6) is 17.2 Å². The first-order valence-corrected chi connectivity index (χ1v) is 10.2. The minimum absolute atomic E-state index is 0.117. The highest BCUT2D eigenvalue weighted by Crippen LogP contribution is 2.32. The third-order valence-electron chi connectivity index (χ3n) is 4.32. The molecule has 1 N–H and O–H groups in total. The number of benzene rings is 2. The molecule has 1 aromatic heterocycles. The highest BCUT2D eigenvalue weighted by Gasteiger charge is 2.13. The Morgan fingerprint density at radius 1 is 1.17 bits per heavy atom. The summed E-state index contributed by atoms with van der Waals surface area (Å²) < 4.78 is 18.4. The molecule has 1 aliphatic heterocycles. The number of anilines is 1. The number of fused-ring (bicyclic) bond motifs is 1. The van der Waals surface area contributed by atoms with Gasteiger partial charge in [-0.15, -0.1) is 0 Å². The van der Waals surface area contributed by atoms with E-state index in [0.29, 0.717) is 30.4 Å². The highest BCUT2D eigenvalue weighted by atomic mass is 32.2. The Morgan fingerprint density at radius 2 is 1.97 bits per heavy atom. The Labute approximate surface area is 173 Å². The van der Waals surface area contributed by atoms with Crippen LogP contribution in [0.1, 0.15) is 6.42 Å². The van der Waals surface area contributed by atoms with Crippen molar-refractivity contribution in [1.29, 1.82) is 0 Å². The molecule has 0 radical (unpaired) electrons. The van der Waals surface area contributed by atoms with Crippen LogP contribution in [0.15, 0.2) is 60.0 Å². The molecule has 4 rings (SSSR count). The second-order valence-electron chi connectivity index (χ2n) is 6.33. The molecule has 0 aliphatic carbocycles. The number of rotatable bonds is 6. The van der Waals surface area contributed by atoms with Gasteiger partial charge in [-0.2, -0.15) is 0 Å². The highest BCUT2D eigenvalue weighted by molar-refractivity contribution is 7.99. The summed E-state index contributed by atoms with van der Waals surface area (Å²) in [6.07, 6.45) is 4.42. The van der Waals surface area contributed by atoms with Crippen molar-refractivity contribution in [3.63, 3.8) is 0 Å². The zero-order valence-corrected chi connectivity index (χ0v) is 16.8. The maximum Gasteiger partial charge on any atom is 0.234 e. The van der Waals surface area contributed by atoms with Crippen LogP contribution in [-0.4, -0.2) is 41.5 Å². The number of hydrogen-bond donors (Lipinski definition) is 1. The van der Waals surface area contributed by atoms with Crippen molar-refractivity contribution in [2.45, 2.75) is 11.6 Å². The molecular formula is C21H21N3O4S. The number of thioether (sulfide) groups is 1. The molecule has 0 spiro atoms. The van der Waals surface area contributed by atoms with Crippen LogP contribution in [0.4, 0.5) is 5.69 Å². The van der Waals surface area contributed by atoms with Gasteiger partial charge < -0.3 is 19.5 Å². The number of methoxy groups -OCH3 is 1. The Hall–Kier alpha value is -3.13. The Morgan fingerprint density at radius 3 is 2.76 bits per heavy atom. The summed E-state index contributed by atoms with van der Waals surface area (Å²) in [6, 6.07) is 13.1. The average Bonchev–Trinajstić information content (AvgIpc) is 3.09. The predicted octanol–water partition coefficient (Wildman–Crippen LogP) is 3.77. The van der Waals surface area contributed by atoms with Gasteiger partial charge in [0.25, 0.3) is 0 Å². The SMILES string of the molecule is COc1ccc(-n2ccnc2SCC(=O)Nc2ccc3c(c2)OCCCO3)cc1. The zero-order chi connectivity index (χ0) is 20.1. The predicted molar refractivity (Wildman–Crippen MR) is 112 cm³/mol. The molecule has 0 fully saturated rings. The van der Waals surface area contributed by atoms with Crippen LogP contribution in [0.25, 0.3) is 5.69 Å². The van der Waals surface area contributed by atoms with Gasteiger partial charge in [0, 0.05) is 36.3 Å². The van der Waals surface area contributed by atoms with Crippen LogP contribution in [-0.2, 0) is 4.79 Å². The van der Waals surface area contributed by atoms with Gasteiger partial charge in [-0.1, -0.05) is 11.8 Å². The second-order valence-corrected chi connectivity index (χ2v) is 7.27. The van der Waals surface area contributed by atoms with E-state index in [1.54, 1.807) is 19.4 Å². The number of nitrogens with one attached hydrogen (secondary N) is 1. The fourth-order valence-electron chi connectivity index (χ4n) is 2.90. The van der Waals surface area contributed by atoms with Crippen molar-refractivity contribution < 1.29 is 19.0 Å². The second kappa shape index (κ2) is 8.91. The number of carbonyl (C=O) groups is 1. The van der Waals surface area contributed by atoms with Crippen molar-refractivity contribution in [2.75, 3.05) is 31.4 Å². The van der Waals surface area contributed by atoms with E-state index in [1.165, 1.54) is 11.8 Å². The van der Waals surface area contributed by atoms with Gasteiger partial charge in [-0.25, -0.2) is 4.98 Å². The van der Waals surface area contributed by atoms with Crippen molar-refractivity contribution in [2.24, 2.45) is 0 Å². The molecule has 0 bridgehead atoms. The quantitative estimate of drug-likeness (QED) is 0.623. The zero-order valence-electron chi connectivity index (χ0n) is 16.0. The average molecular weight is 411 g/mol. The lowest BCUT2D eigenvalue weighted by Gasteiger charge is -2.11. The molecule has 29 heavy (non-hydrogen) atoms. The minimum Gasteiger partial charge on any atom is -0.497 e. The van der Waals surface area contributed by atoms with E-state index in [-0.39, 0.29) is 11.7 Å². The lowest BCUT2D eigenvalue weighted by molar-refractivity contribution is -0.113. The van der Waals surface area contributed by atoms with E-state index in [9.17, 15) is 4.79 Å². The first kappa shape index (κ1) is 19.2. The first-order chi connectivity index (χ1) is 14.2. The number of imidazole rings is 1. The molecule has 1 amide bonds. The molecule has 3 aromatic rings. The molecule has 1 aliphatic rings. The maximum atomic E-state index is 12.4. The van der Waals surface area contributed by atoms with Gasteiger partial charge >= 0.3 is 0 Å². The van der Waals surface area contributed by atoms with Crippen molar-refractivity contribution >= 4 is 23.4 Å². The van der Waals surface area contributed by atoms with Crippen LogP contribution < -0.4 is 19.5 Å². The third kappa shape index (κ3) is 4.65. The van der Waals surface area contributed by atoms with E-state index in [4.69, 9.17) is 14.2 Å². The molecule has 0 unspecified atom stereocenters. The maximum absolute atomic E-state index is 12.4. The number of ether oxygens (including phenoxy) is 3. The molecule has 8 heteroatoms. The van der Waals surface area contributed by atoms with Crippen molar-refractivity contribution in [1.82, 2.24) is 9.55 Å². The summed E-state index contributed by atoms with van der Waals surface area (Å²) in [6.45, 7) is 1.24. The summed E-state index contributed by atoms with van der Waals surface area (Å²) in [5, 5.41) is 3.64. The van der Waals surface area contributed by atoms with Crippen LogP contribution in [0.3, 0.4) is 0 Å². The van der Waals surface area contributed by atoms with Crippen molar-refractivity contribution in [3.8, 4) is 22.9 Å². The van der Waals surface area contributed by atoms with E-state index in [0.717, 1.165) is 23.0 Å². The number of hydrogen-bond acceptors (Lipinski definition) is 6. The number of nitrogens with zero attached hydrogens (tertiary/aromatic N) is 2. The molecule has 0 saturated carbocycles.